The third-order valence-electron chi connectivity index (χ3n) is 3.25. The van der Waals surface area contributed by atoms with Gasteiger partial charge < -0.3 is 15.0 Å². The average Bonchev–Trinajstić information content (AvgIpc) is 2.79. The highest BCUT2D eigenvalue weighted by Crippen LogP contribution is 2.33. The van der Waals surface area contributed by atoms with Gasteiger partial charge in [0.05, 0.1) is 30.5 Å². The minimum absolute atomic E-state index is 0.00116. The second-order valence-corrected chi connectivity index (χ2v) is 6.86. The molecule has 1 aromatic rings. The van der Waals surface area contributed by atoms with E-state index in [4.69, 9.17) is 5.73 Å². The number of sulfone groups is 1. The highest BCUT2D eigenvalue weighted by molar-refractivity contribution is 7.91. The number of carbonyl (C=O) groups excluding carboxylic acids is 1. The van der Waals surface area contributed by atoms with Crippen LogP contribution < -0.4 is 5.73 Å². The van der Waals surface area contributed by atoms with E-state index in [-0.39, 0.29) is 23.0 Å². The van der Waals surface area contributed by atoms with E-state index < -0.39 is 21.3 Å². The van der Waals surface area contributed by atoms with Crippen molar-refractivity contribution in [2.24, 2.45) is 0 Å². The normalized spacial score (nSPS) is 26.1. The molecular weight excluding hydrogens is 258 g/mol. The first-order chi connectivity index (χ1) is 8.29. The van der Waals surface area contributed by atoms with E-state index in [0.29, 0.717) is 6.42 Å². The number of rotatable bonds is 2. The van der Waals surface area contributed by atoms with E-state index in [9.17, 15) is 13.2 Å². The van der Waals surface area contributed by atoms with Crippen LogP contribution in [-0.2, 0) is 20.1 Å². The first-order valence-corrected chi connectivity index (χ1v) is 7.23. The Hall–Kier alpha value is -1.57. The number of nitrogen functional groups attached to an aromatic ring is 1. The fraction of sp³-hybridized carbons (Fsp3) is 0.600. The van der Waals surface area contributed by atoms with Crippen LogP contribution >= 0.6 is 0 Å². The molecule has 0 aliphatic carbocycles. The molecule has 0 bridgehead atoms. The van der Waals surface area contributed by atoms with Crippen molar-refractivity contribution in [3.8, 4) is 0 Å². The van der Waals surface area contributed by atoms with Crippen LogP contribution in [-0.4, -0.2) is 42.6 Å². The third kappa shape index (κ3) is 1.96. The van der Waals surface area contributed by atoms with Gasteiger partial charge in [-0.1, -0.05) is 0 Å². The average molecular weight is 273 g/mol. The summed E-state index contributed by atoms with van der Waals surface area (Å²) in [6.45, 7) is 1.79. The van der Waals surface area contributed by atoms with Crippen molar-refractivity contribution >= 4 is 21.6 Å². The minimum atomic E-state index is -3.06. The highest BCUT2D eigenvalue weighted by atomic mass is 32.2. The molecule has 2 heterocycles. The van der Waals surface area contributed by atoms with E-state index in [1.807, 2.05) is 0 Å². The molecule has 0 radical (unpaired) electrons. The Morgan fingerprint density at radius 2 is 2.28 bits per heavy atom. The standard InChI is InChI=1S/C10H15N3O4S/c1-10(3-4-18(15,16)5-10)13-6-12-7(8(13)11)9(14)17-2/h6H,3-5,11H2,1-2H3. The number of ether oxygens (including phenoxy) is 1. The summed E-state index contributed by atoms with van der Waals surface area (Å²) in [5.74, 6) is -0.368. The van der Waals surface area contributed by atoms with Crippen molar-refractivity contribution in [2.45, 2.75) is 18.9 Å². The maximum absolute atomic E-state index is 11.6. The fourth-order valence-corrected chi connectivity index (χ4v) is 4.35. The molecule has 0 spiro atoms. The number of nitrogens with zero attached hydrogens (tertiary/aromatic N) is 2. The van der Waals surface area contributed by atoms with Crippen LogP contribution in [0.2, 0.25) is 0 Å². The van der Waals surface area contributed by atoms with Gasteiger partial charge in [-0.05, 0) is 13.3 Å². The third-order valence-corrected chi connectivity index (χ3v) is 5.14. The first kappa shape index (κ1) is 12.9. The number of nitrogens with two attached hydrogens (primary N) is 1. The van der Waals surface area contributed by atoms with Gasteiger partial charge in [-0.25, -0.2) is 18.2 Å². The van der Waals surface area contributed by atoms with E-state index in [0.717, 1.165) is 0 Å². The molecule has 1 unspecified atom stereocenters. The van der Waals surface area contributed by atoms with Gasteiger partial charge in [-0.3, -0.25) is 0 Å². The minimum Gasteiger partial charge on any atom is -0.464 e. The van der Waals surface area contributed by atoms with Crippen LogP contribution in [0.1, 0.15) is 23.8 Å². The van der Waals surface area contributed by atoms with Crippen LogP contribution in [0.4, 0.5) is 5.82 Å². The second-order valence-electron chi connectivity index (χ2n) is 4.68. The number of hydrogen-bond donors (Lipinski definition) is 1. The van der Waals surface area contributed by atoms with Crippen LogP contribution in [0.5, 0.6) is 0 Å². The van der Waals surface area contributed by atoms with Gasteiger partial charge in [-0.2, -0.15) is 0 Å². The predicted molar refractivity (Wildman–Crippen MR) is 64.9 cm³/mol. The van der Waals surface area contributed by atoms with Gasteiger partial charge in [0.2, 0.25) is 0 Å². The zero-order valence-corrected chi connectivity index (χ0v) is 11.0. The highest BCUT2D eigenvalue weighted by Gasteiger charge is 2.41. The lowest BCUT2D eigenvalue weighted by molar-refractivity contribution is 0.0596. The fourth-order valence-electron chi connectivity index (χ4n) is 2.23. The zero-order valence-electron chi connectivity index (χ0n) is 10.2. The number of esters is 1. The Kier molecular flexibility index (Phi) is 2.84. The monoisotopic (exact) mass is 273 g/mol. The van der Waals surface area contributed by atoms with Crippen molar-refractivity contribution < 1.29 is 17.9 Å². The molecule has 2 N–H and O–H groups in total. The molecule has 1 atom stereocenters. The van der Waals surface area contributed by atoms with Gasteiger partial charge >= 0.3 is 5.97 Å². The van der Waals surface area contributed by atoms with Crippen molar-refractivity contribution in [3.63, 3.8) is 0 Å². The maximum Gasteiger partial charge on any atom is 0.360 e. The predicted octanol–water partition coefficient (Wildman–Crippen LogP) is -0.214. The Labute approximate surface area is 105 Å². The number of carbonyl (C=O) groups is 1. The van der Waals surface area contributed by atoms with E-state index in [2.05, 4.69) is 9.72 Å². The maximum atomic E-state index is 11.6. The lowest BCUT2D eigenvalue weighted by Gasteiger charge is -2.25. The molecule has 1 aliphatic rings. The molecule has 1 saturated heterocycles. The summed E-state index contributed by atoms with van der Waals surface area (Å²) in [5, 5.41) is 0. The van der Waals surface area contributed by atoms with Crippen molar-refractivity contribution in [2.75, 3.05) is 24.3 Å². The molecule has 0 amide bonds. The Bertz CT molecular complexity index is 592. The number of imidazole rings is 1. The molecule has 0 saturated carbocycles. The molecule has 1 aromatic heterocycles. The quantitative estimate of drug-likeness (QED) is 0.747. The number of methoxy groups -OCH3 is 1. The van der Waals surface area contributed by atoms with E-state index in [1.54, 1.807) is 11.5 Å². The van der Waals surface area contributed by atoms with Gasteiger partial charge in [0.15, 0.2) is 15.5 Å². The molecule has 18 heavy (non-hydrogen) atoms. The lowest BCUT2D eigenvalue weighted by Crippen LogP contribution is -2.32. The molecule has 2 rings (SSSR count). The summed E-state index contributed by atoms with van der Waals surface area (Å²) < 4.78 is 29.2. The number of aromatic nitrogens is 2. The number of anilines is 1. The lowest BCUT2D eigenvalue weighted by atomic mass is 10.0. The molecule has 8 heteroatoms. The van der Waals surface area contributed by atoms with Gasteiger partial charge in [-0.15, -0.1) is 0 Å². The van der Waals surface area contributed by atoms with Crippen LogP contribution in [0.15, 0.2) is 6.33 Å². The zero-order chi connectivity index (χ0) is 13.6. The smallest absolute Gasteiger partial charge is 0.360 e. The molecule has 0 aromatic carbocycles. The summed E-state index contributed by atoms with van der Waals surface area (Å²) >= 11 is 0. The Morgan fingerprint density at radius 3 is 2.78 bits per heavy atom. The molecular formula is C10H15N3O4S. The second kappa shape index (κ2) is 3.98. The Morgan fingerprint density at radius 1 is 1.61 bits per heavy atom. The van der Waals surface area contributed by atoms with Crippen molar-refractivity contribution in [1.82, 2.24) is 9.55 Å². The van der Waals surface area contributed by atoms with E-state index >= 15 is 0 Å². The van der Waals surface area contributed by atoms with E-state index in [1.165, 1.54) is 13.4 Å². The molecule has 1 aliphatic heterocycles. The van der Waals surface area contributed by atoms with Crippen LogP contribution in [0.3, 0.4) is 0 Å². The van der Waals surface area contributed by atoms with Gasteiger partial charge in [0, 0.05) is 0 Å². The summed E-state index contributed by atoms with van der Waals surface area (Å²) in [7, 11) is -1.82. The van der Waals surface area contributed by atoms with Gasteiger partial charge in [0.25, 0.3) is 0 Å². The van der Waals surface area contributed by atoms with Crippen molar-refractivity contribution in [3.05, 3.63) is 12.0 Å². The van der Waals surface area contributed by atoms with Crippen LogP contribution in [0.25, 0.3) is 0 Å². The summed E-state index contributed by atoms with van der Waals surface area (Å²) in [4.78, 5) is 15.3. The summed E-state index contributed by atoms with van der Waals surface area (Å²) in [5.41, 5.74) is 5.20. The van der Waals surface area contributed by atoms with Crippen molar-refractivity contribution in [1.29, 1.82) is 0 Å². The van der Waals surface area contributed by atoms with Crippen LogP contribution in [0, 0.1) is 0 Å². The summed E-state index contributed by atoms with van der Waals surface area (Å²) in [6.07, 6.45) is 1.85. The van der Waals surface area contributed by atoms with Gasteiger partial charge in [0.1, 0.15) is 5.82 Å². The molecule has 1 fully saturated rings. The first-order valence-electron chi connectivity index (χ1n) is 5.41. The SMILES string of the molecule is COC(=O)c1ncn(C2(C)CCS(=O)(=O)C2)c1N. The largest absolute Gasteiger partial charge is 0.464 e. The molecule has 7 nitrogen and oxygen atoms in total. The summed E-state index contributed by atoms with van der Waals surface area (Å²) in [6, 6.07) is 0. The number of hydrogen-bond acceptors (Lipinski definition) is 6. The molecule has 100 valence electrons. The Balaban J connectivity index is 2.42. The topological polar surface area (TPSA) is 104 Å².